The zero-order chi connectivity index (χ0) is 18.1. The molecule has 24 heavy (non-hydrogen) atoms. The minimum atomic E-state index is -3.52. The third kappa shape index (κ3) is 5.81. The first-order chi connectivity index (χ1) is 11.4. The van der Waals surface area contributed by atoms with Crippen LogP contribution >= 0.6 is 0 Å². The molecule has 0 heterocycles. The summed E-state index contributed by atoms with van der Waals surface area (Å²) in [5.74, 6) is -3.97. The molecule has 0 aliphatic heterocycles. The molecule has 140 valence electrons. The van der Waals surface area contributed by atoms with Gasteiger partial charge >= 0.3 is 152 Å². The molecule has 0 saturated carbocycles. The van der Waals surface area contributed by atoms with Gasteiger partial charge in [-0.3, -0.25) is 0 Å². The van der Waals surface area contributed by atoms with Crippen LogP contribution in [-0.4, -0.2) is 28.1 Å². The zero-order valence-corrected chi connectivity index (χ0v) is 18.7. The quantitative estimate of drug-likeness (QED) is 0.233. The maximum absolute atomic E-state index is 15.1. The van der Waals surface area contributed by atoms with Gasteiger partial charge in [-0.1, -0.05) is 0 Å². The predicted molar refractivity (Wildman–Crippen MR) is 101 cm³/mol. The third-order valence-corrected chi connectivity index (χ3v) is 20.5. The van der Waals surface area contributed by atoms with E-state index >= 15 is 8.78 Å². The van der Waals surface area contributed by atoms with Gasteiger partial charge in [0.2, 0.25) is 0 Å². The summed E-state index contributed by atoms with van der Waals surface area (Å²) in [4.78, 5) is 13.2. The van der Waals surface area contributed by atoms with Crippen molar-refractivity contribution >= 4 is 22.2 Å². The van der Waals surface area contributed by atoms with Crippen molar-refractivity contribution in [3.8, 4) is 0 Å². The van der Waals surface area contributed by atoms with E-state index in [0.29, 0.717) is 6.42 Å². The molecular formula is C20H36F2OSn. The number of carbonyl (C=O) groups excluding carboxylic acids is 1. The van der Waals surface area contributed by atoms with Crippen molar-refractivity contribution in [2.75, 3.05) is 0 Å². The van der Waals surface area contributed by atoms with Crippen LogP contribution in [0, 0.1) is 5.92 Å². The van der Waals surface area contributed by atoms with Crippen LogP contribution in [0.4, 0.5) is 8.78 Å². The van der Waals surface area contributed by atoms with Crippen LogP contribution in [0.3, 0.4) is 0 Å². The Morgan fingerprint density at radius 3 is 1.92 bits per heavy atom. The molecule has 0 fully saturated rings. The summed E-state index contributed by atoms with van der Waals surface area (Å²) in [6.45, 7) is 6.30. The molecule has 0 amide bonds. The molecular weight excluding hydrogens is 413 g/mol. The molecule has 0 aromatic rings. The number of hydrogen-bond donors (Lipinski definition) is 0. The Labute approximate surface area is 151 Å². The van der Waals surface area contributed by atoms with Crippen molar-refractivity contribution in [3.05, 3.63) is 12.2 Å². The van der Waals surface area contributed by atoms with Crippen LogP contribution < -0.4 is 0 Å². The number of hydrogen-bond acceptors (Lipinski definition) is 1. The first-order valence-electron chi connectivity index (χ1n) is 10.0. The average Bonchev–Trinajstić information content (AvgIpc) is 2.61. The summed E-state index contributed by atoms with van der Waals surface area (Å²) in [7, 11) is 0. The number of halogens is 2. The fourth-order valence-electron chi connectivity index (χ4n) is 3.90. The minimum absolute atomic E-state index is 0.465. The van der Waals surface area contributed by atoms with Crippen molar-refractivity contribution in [1.29, 1.82) is 0 Å². The SMILES string of the molecule is CCC[CH2][Sn]([CH2]CCC)([CH2]CCC)[C](=O)C(F)(F)C1C=CCCC1. The maximum atomic E-state index is 15.1. The van der Waals surface area contributed by atoms with Crippen LogP contribution in [0.2, 0.25) is 13.3 Å². The molecule has 0 N–H and O–H groups in total. The predicted octanol–water partition coefficient (Wildman–Crippen LogP) is 6.94. The Kier molecular flexibility index (Phi) is 10.1. The number of rotatable bonds is 12. The van der Waals surface area contributed by atoms with E-state index in [1.165, 1.54) is 0 Å². The molecule has 1 aliphatic rings. The molecule has 0 radical (unpaired) electrons. The molecule has 1 atom stereocenters. The van der Waals surface area contributed by atoms with E-state index in [1.807, 2.05) is 6.08 Å². The second kappa shape index (κ2) is 10.9. The van der Waals surface area contributed by atoms with Gasteiger partial charge in [0.05, 0.1) is 0 Å². The van der Waals surface area contributed by atoms with Crippen molar-refractivity contribution in [3.63, 3.8) is 0 Å². The van der Waals surface area contributed by atoms with E-state index < -0.39 is 34.0 Å². The van der Waals surface area contributed by atoms with Crippen molar-refractivity contribution in [2.24, 2.45) is 5.92 Å². The summed E-state index contributed by atoms with van der Waals surface area (Å²) < 4.78 is 32.2. The average molecular weight is 449 g/mol. The van der Waals surface area contributed by atoms with E-state index in [4.69, 9.17) is 0 Å². The standard InChI is InChI=1S/C8H9F2O.3C4H9.Sn/c9-8(10,6-11)7-4-2-1-3-5-7;3*1-3-4-2;/h2,4,7H,1,3,5H2;3*1,3-4H2,2H3;. The van der Waals surface area contributed by atoms with E-state index in [9.17, 15) is 4.79 Å². The Hall–Kier alpha value is 0.0687. The van der Waals surface area contributed by atoms with Gasteiger partial charge in [-0.15, -0.1) is 0 Å². The van der Waals surface area contributed by atoms with Gasteiger partial charge in [0, 0.05) is 0 Å². The number of carbonyl (C=O) groups is 1. The molecule has 0 bridgehead atoms. The van der Waals surface area contributed by atoms with E-state index in [1.54, 1.807) is 6.08 Å². The number of allylic oxidation sites excluding steroid dienone is 2. The molecule has 0 aromatic heterocycles. The fourth-order valence-corrected chi connectivity index (χ4v) is 19.4. The van der Waals surface area contributed by atoms with Crippen LogP contribution in [0.1, 0.15) is 78.6 Å². The van der Waals surface area contributed by atoms with E-state index in [-0.39, 0.29) is 0 Å². The third-order valence-electron chi connectivity index (χ3n) is 5.53. The fraction of sp³-hybridized carbons (Fsp3) is 0.850. The molecule has 1 unspecified atom stereocenters. The van der Waals surface area contributed by atoms with Crippen molar-refractivity contribution in [2.45, 2.75) is 97.8 Å². The normalized spacial score (nSPS) is 18.8. The molecule has 0 saturated heterocycles. The van der Waals surface area contributed by atoms with Gasteiger partial charge in [-0.05, 0) is 0 Å². The van der Waals surface area contributed by atoms with Crippen molar-refractivity contribution < 1.29 is 13.6 Å². The molecule has 1 aliphatic carbocycles. The van der Waals surface area contributed by atoms with E-state index in [2.05, 4.69) is 20.8 Å². The second-order valence-electron chi connectivity index (χ2n) is 7.51. The molecule has 4 heteroatoms. The summed E-state index contributed by atoms with van der Waals surface area (Å²) >= 11 is -3.52. The van der Waals surface area contributed by atoms with Gasteiger partial charge in [-0.2, -0.15) is 0 Å². The van der Waals surface area contributed by atoms with Crippen LogP contribution in [0.5, 0.6) is 0 Å². The van der Waals surface area contributed by atoms with Crippen LogP contribution in [0.25, 0.3) is 0 Å². The van der Waals surface area contributed by atoms with Gasteiger partial charge in [-0.25, -0.2) is 0 Å². The summed E-state index contributed by atoms with van der Waals surface area (Å²) in [5.41, 5.74) is 0. The number of unbranched alkanes of at least 4 members (excludes halogenated alkanes) is 3. The van der Waals surface area contributed by atoms with Crippen molar-refractivity contribution in [1.82, 2.24) is 0 Å². The second-order valence-corrected chi connectivity index (χ2v) is 20.4. The number of alkyl halides is 2. The Balaban J connectivity index is 3.09. The molecule has 0 aromatic carbocycles. The summed E-state index contributed by atoms with van der Waals surface area (Å²) in [6, 6.07) is 0. The molecule has 1 rings (SSSR count). The first-order valence-corrected chi connectivity index (χ1v) is 17.5. The van der Waals surface area contributed by atoms with Crippen LogP contribution in [0.15, 0.2) is 12.2 Å². The van der Waals surface area contributed by atoms with E-state index in [0.717, 1.165) is 64.7 Å². The van der Waals surface area contributed by atoms with Crippen LogP contribution in [-0.2, 0) is 4.79 Å². The Bertz CT molecular complexity index is 385. The molecule has 1 nitrogen and oxygen atoms in total. The molecule has 0 spiro atoms. The Morgan fingerprint density at radius 2 is 1.54 bits per heavy atom. The summed E-state index contributed by atoms with van der Waals surface area (Å²) in [5, 5.41) is 0. The van der Waals surface area contributed by atoms with Gasteiger partial charge < -0.3 is 0 Å². The first kappa shape index (κ1) is 22.1. The van der Waals surface area contributed by atoms with Gasteiger partial charge in [0.15, 0.2) is 0 Å². The van der Waals surface area contributed by atoms with Gasteiger partial charge in [0.25, 0.3) is 0 Å². The summed E-state index contributed by atoms with van der Waals surface area (Å²) in [6.07, 6.45) is 11.4. The Morgan fingerprint density at radius 1 is 1.04 bits per heavy atom. The topological polar surface area (TPSA) is 17.1 Å². The monoisotopic (exact) mass is 450 g/mol. The zero-order valence-electron chi connectivity index (χ0n) is 15.9. The van der Waals surface area contributed by atoms with Gasteiger partial charge in [0.1, 0.15) is 0 Å².